The zero-order valence-electron chi connectivity index (χ0n) is 18.0. The van der Waals surface area contributed by atoms with Crippen LogP contribution in [0.15, 0.2) is 71.3 Å². The third-order valence-electron chi connectivity index (χ3n) is 5.92. The number of esters is 1. The first-order valence-corrected chi connectivity index (χ1v) is 10.5. The Labute approximate surface area is 182 Å². The van der Waals surface area contributed by atoms with Crippen LogP contribution in [0, 0.1) is 0 Å². The molecule has 1 aliphatic carbocycles. The lowest BCUT2D eigenvalue weighted by atomic mass is 9.72. The Kier molecular flexibility index (Phi) is 5.89. The molecule has 0 fully saturated rings. The Morgan fingerprint density at radius 1 is 1.19 bits per heavy atom. The van der Waals surface area contributed by atoms with Gasteiger partial charge in [0.1, 0.15) is 5.75 Å². The van der Waals surface area contributed by atoms with Gasteiger partial charge >= 0.3 is 5.97 Å². The van der Waals surface area contributed by atoms with E-state index >= 15 is 0 Å². The van der Waals surface area contributed by atoms with Gasteiger partial charge in [-0.05, 0) is 43.5 Å². The highest BCUT2D eigenvalue weighted by Crippen LogP contribution is 2.46. The van der Waals surface area contributed by atoms with Crippen LogP contribution in [0.3, 0.4) is 0 Å². The van der Waals surface area contributed by atoms with E-state index in [9.17, 15) is 9.59 Å². The van der Waals surface area contributed by atoms with Crippen molar-refractivity contribution in [3.8, 4) is 5.75 Å². The molecule has 4 rings (SSSR count). The summed E-state index contributed by atoms with van der Waals surface area (Å²) < 4.78 is 10.9. The minimum absolute atomic E-state index is 0.00129. The predicted molar refractivity (Wildman–Crippen MR) is 116 cm³/mol. The monoisotopic (exact) mass is 418 g/mol. The van der Waals surface area contributed by atoms with Crippen LogP contribution in [0.2, 0.25) is 0 Å². The number of hydrogen-bond acceptors (Lipinski definition) is 6. The van der Waals surface area contributed by atoms with E-state index in [1.807, 2.05) is 43.3 Å². The molecule has 1 aliphatic heterocycles. The lowest BCUT2D eigenvalue weighted by Gasteiger charge is -2.36. The van der Waals surface area contributed by atoms with Gasteiger partial charge in [-0.1, -0.05) is 24.3 Å². The van der Waals surface area contributed by atoms with Crippen molar-refractivity contribution in [1.82, 2.24) is 10.3 Å². The van der Waals surface area contributed by atoms with Gasteiger partial charge in [0, 0.05) is 47.6 Å². The highest BCUT2D eigenvalue weighted by Gasteiger charge is 2.41. The van der Waals surface area contributed by atoms with Gasteiger partial charge in [0.2, 0.25) is 0 Å². The van der Waals surface area contributed by atoms with Gasteiger partial charge in [-0.3, -0.25) is 9.78 Å². The van der Waals surface area contributed by atoms with E-state index in [4.69, 9.17) is 9.47 Å². The Balaban J connectivity index is 1.79. The Hall–Kier alpha value is -3.41. The van der Waals surface area contributed by atoms with E-state index in [0.717, 1.165) is 22.6 Å². The number of allylic oxidation sites excluding steroid dienone is 3. The highest BCUT2D eigenvalue weighted by atomic mass is 16.5. The van der Waals surface area contributed by atoms with Gasteiger partial charge in [-0.2, -0.15) is 0 Å². The number of pyridine rings is 1. The number of nitrogens with zero attached hydrogens (tertiary/aromatic N) is 1. The normalized spacial score (nSPS) is 20.8. The lowest BCUT2D eigenvalue weighted by Crippen LogP contribution is -2.36. The summed E-state index contributed by atoms with van der Waals surface area (Å²) in [6, 6.07) is 11.5. The Morgan fingerprint density at radius 3 is 2.71 bits per heavy atom. The topological polar surface area (TPSA) is 77.5 Å². The fourth-order valence-electron chi connectivity index (χ4n) is 4.62. The zero-order chi connectivity index (χ0) is 22.0. The zero-order valence-corrected chi connectivity index (χ0v) is 18.0. The number of ether oxygens (including phenoxy) is 2. The van der Waals surface area contributed by atoms with Crippen LogP contribution < -0.4 is 10.1 Å². The first-order chi connectivity index (χ1) is 15.0. The molecular formula is C25H26N2O4. The van der Waals surface area contributed by atoms with Crippen LogP contribution in [0.5, 0.6) is 5.75 Å². The maximum atomic E-state index is 13.5. The van der Waals surface area contributed by atoms with E-state index < -0.39 is 11.9 Å². The molecule has 0 spiro atoms. The third-order valence-corrected chi connectivity index (χ3v) is 5.92. The van der Waals surface area contributed by atoms with Crippen LogP contribution in [0.25, 0.3) is 0 Å². The molecule has 6 nitrogen and oxygen atoms in total. The van der Waals surface area contributed by atoms with E-state index in [0.29, 0.717) is 29.7 Å². The number of aromatic nitrogens is 1. The molecular weight excluding hydrogens is 392 g/mol. The maximum absolute atomic E-state index is 13.5. The Morgan fingerprint density at radius 2 is 2.00 bits per heavy atom. The summed E-state index contributed by atoms with van der Waals surface area (Å²) in [5.74, 6) is -0.0969. The van der Waals surface area contributed by atoms with E-state index in [-0.39, 0.29) is 18.3 Å². The average Bonchev–Trinajstić information content (AvgIpc) is 2.78. The molecule has 1 aromatic carbocycles. The van der Waals surface area contributed by atoms with Crippen LogP contribution in [-0.2, 0) is 14.3 Å². The molecule has 1 N–H and O–H groups in total. The predicted octanol–water partition coefficient (Wildman–Crippen LogP) is 4.01. The second kappa shape index (κ2) is 8.76. The molecule has 2 aliphatic rings. The number of Topliss-reactive ketones (excluding diaryl/α,β-unsaturated/α-hetero) is 1. The molecule has 2 aromatic rings. The van der Waals surface area contributed by atoms with Crippen LogP contribution >= 0.6 is 0 Å². The molecule has 160 valence electrons. The fraction of sp³-hybridized carbons (Fsp3) is 0.320. The minimum atomic E-state index is -0.491. The standard InChI is InChI=1S/C25H26N2O4/c1-4-31-25(29)22-15(2)27-19-12-17(18-9-5-6-10-21(18)30-3)13-20(28)24(19)23(22)16-8-7-11-26-14-16/h5-11,14,17,23,27H,4,12-13H2,1-3H3. The summed E-state index contributed by atoms with van der Waals surface area (Å²) in [6.45, 7) is 3.90. The molecule has 0 saturated heterocycles. The number of methoxy groups -OCH3 is 1. The van der Waals surface area contributed by atoms with Gasteiger partial charge in [-0.15, -0.1) is 0 Å². The van der Waals surface area contributed by atoms with Crippen LogP contribution in [0.1, 0.15) is 49.7 Å². The van der Waals surface area contributed by atoms with Crippen molar-refractivity contribution in [2.75, 3.05) is 13.7 Å². The summed E-state index contributed by atoms with van der Waals surface area (Å²) in [6.07, 6.45) is 4.41. The van der Waals surface area contributed by atoms with Crippen molar-refractivity contribution in [1.29, 1.82) is 0 Å². The first kappa shape index (κ1) is 20.8. The molecule has 2 heterocycles. The largest absolute Gasteiger partial charge is 0.496 e. The molecule has 31 heavy (non-hydrogen) atoms. The quantitative estimate of drug-likeness (QED) is 0.739. The number of ketones is 1. The summed E-state index contributed by atoms with van der Waals surface area (Å²) in [5.41, 5.74) is 4.49. The average molecular weight is 418 g/mol. The van der Waals surface area contributed by atoms with E-state index in [1.165, 1.54) is 0 Å². The molecule has 0 amide bonds. The first-order valence-electron chi connectivity index (χ1n) is 10.5. The summed E-state index contributed by atoms with van der Waals surface area (Å²) in [4.78, 5) is 30.6. The number of carbonyl (C=O) groups excluding carboxylic acids is 2. The van der Waals surface area contributed by atoms with Crippen molar-refractivity contribution < 1.29 is 19.1 Å². The van der Waals surface area contributed by atoms with Crippen molar-refractivity contribution >= 4 is 11.8 Å². The van der Waals surface area contributed by atoms with Gasteiger partial charge < -0.3 is 14.8 Å². The summed E-state index contributed by atoms with van der Waals surface area (Å²) in [5, 5.41) is 3.35. The third kappa shape index (κ3) is 3.85. The molecule has 6 heteroatoms. The number of nitrogens with one attached hydrogen (secondary N) is 1. The molecule has 2 atom stereocenters. The second-order valence-corrected chi connectivity index (χ2v) is 7.77. The van der Waals surface area contributed by atoms with Crippen LogP contribution in [0.4, 0.5) is 0 Å². The van der Waals surface area contributed by atoms with Gasteiger partial charge in [0.15, 0.2) is 5.78 Å². The Bertz CT molecular complexity index is 1070. The van der Waals surface area contributed by atoms with Gasteiger partial charge in [-0.25, -0.2) is 4.79 Å². The summed E-state index contributed by atoms with van der Waals surface area (Å²) >= 11 is 0. The van der Waals surface area contributed by atoms with Crippen molar-refractivity contribution in [2.45, 2.75) is 38.5 Å². The van der Waals surface area contributed by atoms with E-state index in [2.05, 4.69) is 10.3 Å². The highest BCUT2D eigenvalue weighted by molar-refractivity contribution is 6.04. The minimum Gasteiger partial charge on any atom is -0.496 e. The molecule has 0 radical (unpaired) electrons. The smallest absolute Gasteiger partial charge is 0.336 e. The number of hydrogen-bond donors (Lipinski definition) is 1. The number of dihydropyridines is 1. The van der Waals surface area contributed by atoms with Gasteiger partial charge in [0.25, 0.3) is 0 Å². The molecule has 1 aromatic heterocycles. The number of benzene rings is 1. The van der Waals surface area contributed by atoms with E-state index in [1.54, 1.807) is 26.4 Å². The van der Waals surface area contributed by atoms with Crippen molar-refractivity contribution in [3.05, 3.63) is 82.5 Å². The van der Waals surface area contributed by atoms with Crippen molar-refractivity contribution in [2.24, 2.45) is 0 Å². The number of para-hydroxylation sites is 1. The van der Waals surface area contributed by atoms with Crippen LogP contribution in [-0.4, -0.2) is 30.5 Å². The lowest BCUT2D eigenvalue weighted by molar-refractivity contribution is -0.138. The SMILES string of the molecule is CCOC(=O)C1=C(C)NC2=C(C(=O)CC(c3ccccc3OC)C2)C1c1cccnc1. The molecule has 0 bridgehead atoms. The molecule has 0 saturated carbocycles. The molecule has 2 unspecified atom stereocenters. The maximum Gasteiger partial charge on any atom is 0.336 e. The fourth-order valence-corrected chi connectivity index (χ4v) is 4.62. The number of carbonyl (C=O) groups is 2. The second-order valence-electron chi connectivity index (χ2n) is 7.77. The number of rotatable bonds is 5. The summed E-state index contributed by atoms with van der Waals surface area (Å²) in [7, 11) is 1.64. The van der Waals surface area contributed by atoms with Gasteiger partial charge in [0.05, 0.1) is 19.3 Å². The van der Waals surface area contributed by atoms with Crippen molar-refractivity contribution in [3.63, 3.8) is 0 Å².